The molecule has 0 radical (unpaired) electrons. The van der Waals surface area contributed by atoms with Crippen molar-refractivity contribution >= 4 is 0 Å². The van der Waals surface area contributed by atoms with Crippen molar-refractivity contribution in [2.24, 2.45) is 29.1 Å². The van der Waals surface area contributed by atoms with E-state index in [2.05, 4.69) is 6.92 Å². The van der Waals surface area contributed by atoms with E-state index in [1.54, 1.807) is 7.11 Å². The zero-order valence-corrected chi connectivity index (χ0v) is 12.6. The van der Waals surface area contributed by atoms with Crippen LogP contribution in [0.4, 0.5) is 0 Å². The van der Waals surface area contributed by atoms with Gasteiger partial charge in [-0.1, -0.05) is 6.92 Å². The highest BCUT2D eigenvalue weighted by Gasteiger charge is 2.51. The van der Waals surface area contributed by atoms with Gasteiger partial charge in [0.2, 0.25) is 0 Å². The summed E-state index contributed by atoms with van der Waals surface area (Å²) in [7, 11) is 1.75. The van der Waals surface area contributed by atoms with E-state index in [1.807, 2.05) is 0 Å². The first kappa shape index (κ1) is 13.9. The third kappa shape index (κ3) is 2.85. The van der Waals surface area contributed by atoms with Crippen molar-refractivity contribution < 1.29 is 9.84 Å². The van der Waals surface area contributed by atoms with Gasteiger partial charge in [-0.2, -0.15) is 0 Å². The second kappa shape index (κ2) is 5.37. The number of aliphatic hydroxyl groups excluding tert-OH is 1. The lowest BCUT2D eigenvalue weighted by Crippen LogP contribution is -2.47. The van der Waals surface area contributed by atoms with E-state index in [9.17, 15) is 5.11 Å². The van der Waals surface area contributed by atoms with E-state index in [-0.39, 0.29) is 6.10 Å². The Hall–Kier alpha value is -0.0800. The van der Waals surface area contributed by atoms with Gasteiger partial charge in [0.25, 0.3) is 0 Å². The standard InChI is InChI=1S/C17H30O2/c1-12(3-4-19-2)16(18)11-17-8-13-5-14(9-17)7-15(6-13)10-17/h12-16,18H,3-11H2,1-2H3. The number of ether oxygens (including phenoxy) is 1. The molecular formula is C17H30O2. The maximum absolute atomic E-state index is 10.5. The molecule has 0 aromatic rings. The van der Waals surface area contributed by atoms with Gasteiger partial charge in [-0.3, -0.25) is 0 Å². The summed E-state index contributed by atoms with van der Waals surface area (Å²) in [5.41, 5.74) is 0.509. The number of hydrogen-bond donors (Lipinski definition) is 1. The zero-order valence-electron chi connectivity index (χ0n) is 12.6. The number of hydrogen-bond acceptors (Lipinski definition) is 2. The van der Waals surface area contributed by atoms with Gasteiger partial charge in [0.05, 0.1) is 6.10 Å². The molecule has 1 N–H and O–H groups in total. The van der Waals surface area contributed by atoms with Crippen LogP contribution >= 0.6 is 0 Å². The van der Waals surface area contributed by atoms with Crippen LogP contribution in [-0.4, -0.2) is 24.9 Å². The molecule has 0 aromatic heterocycles. The third-order valence-electron chi connectivity index (χ3n) is 6.24. The minimum Gasteiger partial charge on any atom is -0.393 e. The second-order valence-electron chi connectivity index (χ2n) is 7.95. The van der Waals surface area contributed by atoms with Crippen molar-refractivity contribution in [2.75, 3.05) is 13.7 Å². The molecule has 2 nitrogen and oxygen atoms in total. The number of methoxy groups -OCH3 is 1. The van der Waals surface area contributed by atoms with Crippen molar-refractivity contribution in [1.29, 1.82) is 0 Å². The van der Waals surface area contributed by atoms with Crippen molar-refractivity contribution in [3.63, 3.8) is 0 Å². The fraction of sp³-hybridized carbons (Fsp3) is 1.00. The highest BCUT2D eigenvalue weighted by Crippen LogP contribution is 2.61. The van der Waals surface area contributed by atoms with E-state index in [4.69, 9.17) is 4.74 Å². The Bertz CT molecular complexity index is 277. The SMILES string of the molecule is COCCC(C)C(O)CC12CC3CC(CC(C3)C1)C2. The summed E-state index contributed by atoms with van der Waals surface area (Å²) in [5.74, 6) is 3.36. The monoisotopic (exact) mass is 266 g/mol. The van der Waals surface area contributed by atoms with E-state index >= 15 is 0 Å². The summed E-state index contributed by atoms with van der Waals surface area (Å²) in [6, 6.07) is 0. The van der Waals surface area contributed by atoms with E-state index in [1.165, 1.54) is 38.5 Å². The van der Waals surface area contributed by atoms with Crippen LogP contribution in [0, 0.1) is 29.1 Å². The molecule has 2 atom stereocenters. The molecule has 2 heteroatoms. The van der Waals surface area contributed by atoms with E-state index in [0.29, 0.717) is 11.3 Å². The van der Waals surface area contributed by atoms with Gasteiger partial charge in [0.1, 0.15) is 0 Å². The first-order valence-electron chi connectivity index (χ1n) is 8.27. The molecule has 4 aliphatic rings. The van der Waals surface area contributed by atoms with Crippen LogP contribution in [0.15, 0.2) is 0 Å². The van der Waals surface area contributed by atoms with Crippen molar-refractivity contribution in [3.05, 3.63) is 0 Å². The predicted octanol–water partition coefficient (Wildman–Crippen LogP) is 3.63. The van der Waals surface area contributed by atoms with Gasteiger partial charge in [-0.05, 0) is 80.5 Å². The predicted molar refractivity (Wildman–Crippen MR) is 76.9 cm³/mol. The molecule has 0 spiro atoms. The molecule has 4 aliphatic carbocycles. The van der Waals surface area contributed by atoms with Crippen molar-refractivity contribution in [2.45, 2.75) is 64.4 Å². The minimum absolute atomic E-state index is 0.119. The summed E-state index contributed by atoms with van der Waals surface area (Å²) in [6.07, 6.45) is 10.6. The molecule has 0 heterocycles. The van der Waals surface area contributed by atoms with Gasteiger partial charge in [0, 0.05) is 13.7 Å². The molecule has 2 unspecified atom stereocenters. The molecule has 0 saturated heterocycles. The van der Waals surface area contributed by atoms with Gasteiger partial charge in [0.15, 0.2) is 0 Å². The Kier molecular flexibility index (Phi) is 3.92. The largest absolute Gasteiger partial charge is 0.393 e. The van der Waals surface area contributed by atoms with Gasteiger partial charge in [-0.15, -0.1) is 0 Å². The smallest absolute Gasteiger partial charge is 0.0571 e. The van der Waals surface area contributed by atoms with Crippen LogP contribution in [-0.2, 0) is 4.74 Å². The summed E-state index contributed by atoms with van der Waals surface area (Å²) in [5, 5.41) is 10.5. The Balaban J connectivity index is 1.59. The maximum Gasteiger partial charge on any atom is 0.0571 e. The second-order valence-corrected chi connectivity index (χ2v) is 7.95. The van der Waals surface area contributed by atoms with E-state index in [0.717, 1.165) is 37.2 Å². The summed E-state index contributed by atoms with van der Waals surface area (Å²) in [6.45, 7) is 2.96. The quantitative estimate of drug-likeness (QED) is 0.795. The molecule has 19 heavy (non-hydrogen) atoms. The van der Waals surface area contributed by atoms with Crippen LogP contribution in [0.2, 0.25) is 0 Å². The topological polar surface area (TPSA) is 29.5 Å². The molecular weight excluding hydrogens is 236 g/mol. The molecule has 4 saturated carbocycles. The first-order valence-corrected chi connectivity index (χ1v) is 8.27. The van der Waals surface area contributed by atoms with Crippen molar-refractivity contribution in [3.8, 4) is 0 Å². The first-order chi connectivity index (χ1) is 9.10. The number of aliphatic hydroxyl groups is 1. The maximum atomic E-state index is 10.5. The molecule has 4 bridgehead atoms. The third-order valence-corrected chi connectivity index (χ3v) is 6.24. The normalized spacial score (nSPS) is 43.4. The van der Waals surface area contributed by atoms with Crippen LogP contribution < -0.4 is 0 Å². The van der Waals surface area contributed by atoms with Crippen molar-refractivity contribution in [1.82, 2.24) is 0 Å². The molecule has 110 valence electrons. The summed E-state index contributed by atoms with van der Waals surface area (Å²) < 4.78 is 5.15. The Labute approximate surface area is 117 Å². The fourth-order valence-corrected chi connectivity index (χ4v) is 5.68. The highest BCUT2D eigenvalue weighted by molar-refractivity contribution is 5.02. The molecule has 0 aromatic carbocycles. The Morgan fingerprint density at radius 2 is 1.63 bits per heavy atom. The average molecular weight is 266 g/mol. The summed E-state index contributed by atoms with van der Waals surface area (Å²) in [4.78, 5) is 0. The lowest BCUT2D eigenvalue weighted by Gasteiger charge is -2.57. The van der Waals surface area contributed by atoms with Gasteiger partial charge < -0.3 is 9.84 Å². The average Bonchev–Trinajstić information content (AvgIpc) is 2.33. The molecule has 4 rings (SSSR count). The Morgan fingerprint density at radius 3 is 2.11 bits per heavy atom. The Morgan fingerprint density at radius 1 is 1.11 bits per heavy atom. The molecule has 0 amide bonds. The number of rotatable bonds is 6. The fourth-order valence-electron chi connectivity index (χ4n) is 5.68. The molecule has 0 aliphatic heterocycles. The zero-order chi connectivity index (χ0) is 13.5. The lowest BCUT2D eigenvalue weighted by molar-refractivity contribution is -0.0835. The van der Waals surface area contributed by atoms with Crippen LogP contribution in [0.1, 0.15) is 58.3 Å². The van der Waals surface area contributed by atoms with Crippen LogP contribution in [0.25, 0.3) is 0 Å². The van der Waals surface area contributed by atoms with Gasteiger partial charge in [-0.25, -0.2) is 0 Å². The summed E-state index contributed by atoms with van der Waals surface area (Å²) >= 11 is 0. The van der Waals surface area contributed by atoms with Crippen LogP contribution in [0.3, 0.4) is 0 Å². The highest BCUT2D eigenvalue weighted by atomic mass is 16.5. The minimum atomic E-state index is -0.119. The lowest BCUT2D eigenvalue weighted by atomic mass is 9.48. The van der Waals surface area contributed by atoms with Crippen LogP contribution in [0.5, 0.6) is 0 Å². The van der Waals surface area contributed by atoms with E-state index < -0.39 is 0 Å². The van der Waals surface area contributed by atoms with Gasteiger partial charge >= 0.3 is 0 Å². The molecule has 4 fully saturated rings.